The van der Waals surface area contributed by atoms with Gasteiger partial charge in [0, 0.05) is 19.3 Å². The highest BCUT2D eigenvalue weighted by atomic mass is 16.4. The Balaban J connectivity index is -0.000000334. The number of unbranched alkanes of at least 4 members (excludes halogenated alkanes) is 6. The summed E-state index contributed by atoms with van der Waals surface area (Å²) >= 11 is 0. The van der Waals surface area contributed by atoms with Crippen molar-refractivity contribution in [3.05, 3.63) is 0 Å². The maximum Gasteiger partial charge on any atom is 0.303 e. The van der Waals surface area contributed by atoms with Gasteiger partial charge in [0.25, 0.3) is 0 Å². The Hall–Kier alpha value is -1.71. The molecule has 0 radical (unpaired) electrons. The van der Waals surface area contributed by atoms with Crippen LogP contribution < -0.4 is 0 Å². The maximum atomic E-state index is 10.1. The monoisotopic (exact) mass is 396 g/mol. The van der Waals surface area contributed by atoms with Crippen molar-refractivity contribution in [3.63, 3.8) is 0 Å². The second-order valence-electron chi connectivity index (χ2n) is 5.93. The Kier molecular flexibility index (Phi) is 27.0. The van der Waals surface area contributed by atoms with Crippen LogP contribution in [-0.2, 0) is 14.4 Å². The van der Waals surface area contributed by atoms with Crippen molar-refractivity contribution in [1.29, 1.82) is 0 Å². The highest BCUT2D eigenvalue weighted by Gasteiger charge is 1.99. The third-order valence-corrected chi connectivity index (χ3v) is 3.20. The topological polar surface area (TPSA) is 173 Å². The van der Waals surface area contributed by atoms with E-state index in [9.17, 15) is 14.4 Å². The molecule has 0 aliphatic heterocycles. The molecule has 0 rings (SSSR count). The number of rotatable bonds is 14. The standard InChI is InChI=1S/C9H18O2.C6H10O4.C3H8O3/c1-2-3-4-5-6-7-8-9(10)11;7-5(8)3-1-2-4-6(9)10;4-1-3(6)2-5/h2-8H2,1H3,(H,10,11);1-4H2,(H,7,8)(H,9,10);3-6H,1-2H2. The highest BCUT2D eigenvalue weighted by Crippen LogP contribution is 2.06. The number of aliphatic hydroxyl groups is 3. The van der Waals surface area contributed by atoms with Gasteiger partial charge < -0.3 is 30.6 Å². The second-order valence-corrected chi connectivity index (χ2v) is 5.93. The van der Waals surface area contributed by atoms with Crippen LogP contribution in [0.5, 0.6) is 0 Å². The molecule has 0 aromatic carbocycles. The number of aliphatic hydroxyl groups excluding tert-OH is 3. The minimum absolute atomic E-state index is 0.0628. The van der Waals surface area contributed by atoms with Crippen molar-refractivity contribution in [1.82, 2.24) is 0 Å². The van der Waals surface area contributed by atoms with E-state index in [0.29, 0.717) is 19.3 Å². The zero-order chi connectivity index (χ0) is 21.5. The number of hydrogen-bond acceptors (Lipinski definition) is 6. The third kappa shape index (κ3) is 40.4. The molecular formula is C18H36O9. The van der Waals surface area contributed by atoms with E-state index in [0.717, 1.165) is 12.8 Å². The molecule has 0 aromatic heterocycles. The van der Waals surface area contributed by atoms with Crippen LogP contribution in [0.1, 0.15) is 77.6 Å². The van der Waals surface area contributed by atoms with Crippen LogP contribution >= 0.6 is 0 Å². The van der Waals surface area contributed by atoms with Gasteiger partial charge in [0.2, 0.25) is 0 Å². The van der Waals surface area contributed by atoms with E-state index in [1.165, 1.54) is 25.7 Å². The molecule has 0 bridgehead atoms. The van der Waals surface area contributed by atoms with Gasteiger partial charge in [0.05, 0.1) is 13.2 Å². The van der Waals surface area contributed by atoms with E-state index in [2.05, 4.69) is 6.92 Å². The first kappa shape index (κ1) is 30.0. The van der Waals surface area contributed by atoms with Gasteiger partial charge in [-0.05, 0) is 19.3 Å². The molecule has 0 aliphatic rings. The lowest BCUT2D eigenvalue weighted by Gasteiger charge is -1.97. The zero-order valence-corrected chi connectivity index (χ0v) is 16.2. The summed E-state index contributed by atoms with van der Waals surface area (Å²) in [6.45, 7) is 1.45. The predicted octanol–water partition coefficient (Wildman–Crippen LogP) is 1.87. The number of aliphatic carboxylic acids is 3. The summed E-state index contributed by atoms with van der Waals surface area (Å²) in [5.41, 5.74) is 0. The maximum absolute atomic E-state index is 10.1. The molecule has 0 saturated heterocycles. The molecule has 0 saturated carbocycles. The Morgan fingerprint density at radius 1 is 0.630 bits per heavy atom. The van der Waals surface area contributed by atoms with Gasteiger partial charge in [-0.3, -0.25) is 14.4 Å². The number of carboxylic acids is 3. The van der Waals surface area contributed by atoms with E-state index in [4.69, 9.17) is 30.6 Å². The highest BCUT2D eigenvalue weighted by molar-refractivity contribution is 5.68. The first-order valence-electron chi connectivity index (χ1n) is 9.26. The van der Waals surface area contributed by atoms with Gasteiger partial charge in [0.15, 0.2) is 0 Å². The van der Waals surface area contributed by atoms with Crippen LogP contribution in [0.2, 0.25) is 0 Å². The van der Waals surface area contributed by atoms with Gasteiger partial charge in [0.1, 0.15) is 6.10 Å². The molecule has 162 valence electrons. The first-order valence-corrected chi connectivity index (χ1v) is 9.26. The molecule has 0 fully saturated rings. The molecule has 0 unspecified atom stereocenters. The fourth-order valence-electron chi connectivity index (χ4n) is 1.67. The van der Waals surface area contributed by atoms with Crippen LogP contribution in [0.3, 0.4) is 0 Å². The van der Waals surface area contributed by atoms with Crippen LogP contribution in [0, 0.1) is 0 Å². The van der Waals surface area contributed by atoms with Crippen LogP contribution in [0.4, 0.5) is 0 Å². The summed E-state index contributed by atoms with van der Waals surface area (Å²) in [7, 11) is 0. The molecule has 0 amide bonds. The van der Waals surface area contributed by atoms with Gasteiger partial charge >= 0.3 is 17.9 Å². The van der Waals surface area contributed by atoms with Gasteiger partial charge in [-0.2, -0.15) is 0 Å². The van der Waals surface area contributed by atoms with Crippen LogP contribution in [-0.4, -0.2) is 67.9 Å². The molecule has 9 nitrogen and oxygen atoms in total. The van der Waals surface area contributed by atoms with Crippen LogP contribution in [0.15, 0.2) is 0 Å². The fourth-order valence-corrected chi connectivity index (χ4v) is 1.67. The van der Waals surface area contributed by atoms with Crippen molar-refractivity contribution in [2.24, 2.45) is 0 Å². The van der Waals surface area contributed by atoms with Crippen molar-refractivity contribution in [2.45, 2.75) is 83.7 Å². The molecule has 0 heterocycles. The lowest BCUT2D eigenvalue weighted by molar-refractivity contribution is -0.139. The normalized spacial score (nSPS) is 9.67. The van der Waals surface area contributed by atoms with Gasteiger partial charge in [-0.1, -0.05) is 39.0 Å². The summed E-state index contributed by atoms with van der Waals surface area (Å²) in [6, 6.07) is 0. The van der Waals surface area contributed by atoms with Crippen molar-refractivity contribution < 1.29 is 45.0 Å². The largest absolute Gasteiger partial charge is 0.481 e. The minimum atomic E-state index is -0.954. The van der Waals surface area contributed by atoms with E-state index in [1.54, 1.807) is 0 Å². The van der Waals surface area contributed by atoms with Crippen LogP contribution in [0.25, 0.3) is 0 Å². The molecule has 27 heavy (non-hydrogen) atoms. The summed E-state index contributed by atoms with van der Waals surface area (Å²) in [5.74, 6) is -2.41. The van der Waals surface area contributed by atoms with E-state index in [-0.39, 0.29) is 26.1 Å². The van der Waals surface area contributed by atoms with E-state index < -0.39 is 24.0 Å². The third-order valence-electron chi connectivity index (χ3n) is 3.20. The average molecular weight is 396 g/mol. The quantitative estimate of drug-likeness (QED) is 0.240. The molecular weight excluding hydrogens is 360 g/mol. The predicted molar refractivity (Wildman–Crippen MR) is 99.5 cm³/mol. The van der Waals surface area contributed by atoms with Crippen molar-refractivity contribution in [3.8, 4) is 0 Å². The SMILES string of the molecule is CCCCCCCCC(=O)O.O=C(O)CCCCC(=O)O.OCC(O)CO. The summed E-state index contributed by atoms with van der Waals surface area (Å²) in [6.07, 6.45) is 7.31. The second kappa shape index (κ2) is 24.3. The summed E-state index contributed by atoms with van der Waals surface area (Å²) in [4.78, 5) is 29.9. The lowest BCUT2D eigenvalue weighted by atomic mass is 10.1. The number of carboxylic acid groups (broad SMARTS) is 3. The van der Waals surface area contributed by atoms with Crippen molar-refractivity contribution in [2.75, 3.05) is 13.2 Å². The molecule has 0 aliphatic carbocycles. The minimum Gasteiger partial charge on any atom is -0.481 e. The lowest BCUT2D eigenvalue weighted by Crippen LogP contribution is -2.15. The Labute approximate surface area is 160 Å². The summed E-state index contributed by atoms with van der Waals surface area (Å²) < 4.78 is 0. The van der Waals surface area contributed by atoms with E-state index >= 15 is 0 Å². The van der Waals surface area contributed by atoms with Gasteiger partial charge in [-0.15, -0.1) is 0 Å². The molecule has 0 atom stereocenters. The van der Waals surface area contributed by atoms with Crippen molar-refractivity contribution >= 4 is 17.9 Å². The Morgan fingerprint density at radius 3 is 1.19 bits per heavy atom. The van der Waals surface area contributed by atoms with Gasteiger partial charge in [-0.25, -0.2) is 0 Å². The first-order chi connectivity index (χ1) is 12.7. The molecule has 6 N–H and O–H groups in total. The Morgan fingerprint density at radius 2 is 0.926 bits per heavy atom. The average Bonchev–Trinajstić information content (AvgIpc) is 2.61. The number of carbonyl (C=O) groups is 3. The Bertz CT molecular complexity index is 339. The number of hydrogen-bond donors (Lipinski definition) is 6. The molecule has 9 heteroatoms. The molecule has 0 aromatic rings. The fraction of sp³-hybridized carbons (Fsp3) is 0.833. The summed E-state index contributed by atoms with van der Waals surface area (Å²) in [5, 5.41) is 48.6. The smallest absolute Gasteiger partial charge is 0.303 e. The van der Waals surface area contributed by atoms with E-state index in [1.807, 2.05) is 0 Å². The zero-order valence-electron chi connectivity index (χ0n) is 16.2. The molecule has 0 spiro atoms.